The molecule has 0 aliphatic carbocycles. The fourth-order valence-corrected chi connectivity index (χ4v) is 1.88. The van der Waals surface area contributed by atoms with Crippen LogP contribution in [0.5, 0.6) is 0 Å². The molecule has 80 valence electrons. The van der Waals surface area contributed by atoms with Crippen molar-refractivity contribution in [2.75, 3.05) is 7.11 Å². The van der Waals surface area contributed by atoms with E-state index >= 15 is 0 Å². The molecule has 1 aromatic carbocycles. The smallest absolute Gasteiger partial charge is 0.379 e. The fourth-order valence-electron chi connectivity index (χ4n) is 0.899. The Kier molecular flexibility index (Phi) is 4.13. The number of esters is 1. The number of halogens is 3. The van der Waals surface area contributed by atoms with Gasteiger partial charge in [0, 0.05) is 10.0 Å². The SMILES string of the molecule is COC(=O)C(=O)c1cc(Cl)c(Cl)cc1Br. The van der Waals surface area contributed by atoms with Gasteiger partial charge in [0.1, 0.15) is 0 Å². The first-order valence-electron chi connectivity index (χ1n) is 3.74. The Balaban J connectivity index is 3.21. The van der Waals surface area contributed by atoms with Crippen molar-refractivity contribution in [3.63, 3.8) is 0 Å². The first kappa shape index (κ1) is 12.5. The van der Waals surface area contributed by atoms with E-state index in [0.29, 0.717) is 9.50 Å². The van der Waals surface area contributed by atoms with Gasteiger partial charge in [0.15, 0.2) is 0 Å². The normalized spacial score (nSPS) is 9.87. The van der Waals surface area contributed by atoms with Crippen molar-refractivity contribution in [1.29, 1.82) is 0 Å². The summed E-state index contributed by atoms with van der Waals surface area (Å²) in [6.45, 7) is 0. The molecule has 3 nitrogen and oxygen atoms in total. The van der Waals surface area contributed by atoms with Crippen molar-refractivity contribution in [2.45, 2.75) is 0 Å². The van der Waals surface area contributed by atoms with E-state index in [1.807, 2.05) is 0 Å². The van der Waals surface area contributed by atoms with E-state index in [2.05, 4.69) is 20.7 Å². The Morgan fingerprint density at radius 2 is 1.80 bits per heavy atom. The van der Waals surface area contributed by atoms with Crippen LogP contribution in [0.4, 0.5) is 0 Å². The maximum atomic E-state index is 11.5. The summed E-state index contributed by atoms with van der Waals surface area (Å²) >= 11 is 14.5. The maximum absolute atomic E-state index is 11.5. The predicted molar refractivity (Wildman–Crippen MR) is 60.5 cm³/mol. The molecule has 0 radical (unpaired) electrons. The second kappa shape index (κ2) is 4.96. The number of Topliss-reactive ketones (excluding diaryl/α,β-unsaturated/α-hetero) is 1. The molecule has 0 aliphatic rings. The topological polar surface area (TPSA) is 43.4 Å². The summed E-state index contributed by atoms with van der Waals surface area (Å²) in [4.78, 5) is 22.4. The van der Waals surface area contributed by atoms with Crippen molar-refractivity contribution < 1.29 is 14.3 Å². The molecule has 0 bridgehead atoms. The number of methoxy groups -OCH3 is 1. The lowest BCUT2D eigenvalue weighted by Gasteiger charge is -2.04. The van der Waals surface area contributed by atoms with E-state index in [1.54, 1.807) is 0 Å². The number of hydrogen-bond donors (Lipinski definition) is 0. The molecule has 1 aromatic rings. The third-order valence-corrected chi connectivity index (χ3v) is 3.00. The van der Waals surface area contributed by atoms with Crippen LogP contribution in [0.25, 0.3) is 0 Å². The highest BCUT2D eigenvalue weighted by Crippen LogP contribution is 2.29. The second-order valence-corrected chi connectivity index (χ2v) is 4.24. The van der Waals surface area contributed by atoms with Crippen LogP contribution in [-0.4, -0.2) is 18.9 Å². The monoisotopic (exact) mass is 310 g/mol. The van der Waals surface area contributed by atoms with Crippen LogP contribution in [-0.2, 0) is 9.53 Å². The highest BCUT2D eigenvalue weighted by atomic mass is 79.9. The Bertz CT molecular complexity index is 432. The molecular weight excluding hydrogens is 307 g/mol. The lowest BCUT2D eigenvalue weighted by Crippen LogP contribution is -2.16. The van der Waals surface area contributed by atoms with Gasteiger partial charge in [0.25, 0.3) is 5.78 Å². The Labute approximate surface area is 104 Å². The van der Waals surface area contributed by atoms with Gasteiger partial charge >= 0.3 is 5.97 Å². The first-order chi connectivity index (χ1) is 6.97. The molecule has 0 fully saturated rings. The number of carbonyl (C=O) groups is 2. The number of ether oxygens (including phenoxy) is 1. The molecule has 0 amide bonds. The highest BCUT2D eigenvalue weighted by Gasteiger charge is 2.20. The zero-order valence-electron chi connectivity index (χ0n) is 7.51. The van der Waals surface area contributed by atoms with E-state index in [4.69, 9.17) is 23.2 Å². The van der Waals surface area contributed by atoms with Gasteiger partial charge in [-0.05, 0) is 28.1 Å². The number of hydrogen-bond acceptors (Lipinski definition) is 3. The van der Waals surface area contributed by atoms with Crippen molar-refractivity contribution in [2.24, 2.45) is 0 Å². The van der Waals surface area contributed by atoms with Gasteiger partial charge in [0.05, 0.1) is 17.2 Å². The summed E-state index contributed by atoms with van der Waals surface area (Å²) in [6, 6.07) is 2.76. The van der Waals surface area contributed by atoms with Gasteiger partial charge in [-0.2, -0.15) is 0 Å². The van der Waals surface area contributed by atoms with Crippen LogP contribution in [0.1, 0.15) is 10.4 Å². The van der Waals surface area contributed by atoms with E-state index in [9.17, 15) is 9.59 Å². The lowest BCUT2D eigenvalue weighted by atomic mass is 10.1. The predicted octanol–water partition coefficient (Wildman–Crippen LogP) is 3.11. The average Bonchev–Trinajstić information content (AvgIpc) is 2.21. The summed E-state index contributed by atoms with van der Waals surface area (Å²) in [5.74, 6) is -1.72. The minimum Gasteiger partial charge on any atom is -0.463 e. The van der Waals surface area contributed by atoms with Gasteiger partial charge in [-0.1, -0.05) is 23.2 Å². The van der Waals surface area contributed by atoms with Crippen molar-refractivity contribution in [3.05, 3.63) is 32.2 Å². The van der Waals surface area contributed by atoms with Crippen molar-refractivity contribution >= 4 is 50.9 Å². The van der Waals surface area contributed by atoms with Crippen LogP contribution >= 0.6 is 39.1 Å². The van der Waals surface area contributed by atoms with E-state index in [0.717, 1.165) is 7.11 Å². The van der Waals surface area contributed by atoms with Crippen LogP contribution in [0.15, 0.2) is 16.6 Å². The third kappa shape index (κ3) is 2.71. The number of ketones is 1. The lowest BCUT2D eigenvalue weighted by molar-refractivity contribution is -0.135. The summed E-state index contributed by atoms with van der Waals surface area (Å²) in [5, 5.41) is 0.497. The van der Waals surface area contributed by atoms with Crippen LogP contribution in [0, 0.1) is 0 Å². The molecule has 0 unspecified atom stereocenters. The Hall–Kier alpha value is -0.580. The summed E-state index contributed by atoms with van der Waals surface area (Å²) < 4.78 is 4.70. The number of benzene rings is 1. The van der Waals surface area contributed by atoms with E-state index in [-0.39, 0.29) is 10.6 Å². The standard InChI is InChI=1S/C9H5BrCl2O3/c1-15-9(14)8(13)4-2-6(11)7(12)3-5(4)10/h2-3H,1H3. The molecule has 0 aliphatic heterocycles. The minimum absolute atomic E-state index is 0.122. The Morgan fingerprint density at radius 3 is 2.33 bits per heavy atom. The molecule has 6 heteroatoms. The zero-order chi connectivity index (χ0) is 11.6. The van der Waals surface area contributed by atoms with E-state index < -0.39 is 11.8 Å². The number of carbonyl (C=O) groups excluding carboxylic acids is 2. The largest absolute Gasteiger partial charge is 0.463 e. The Morgan fingerprint density at radius 1 is 1.27 bits per heavy atom. The fraction of sp³-hybridized carbons (Fsp3) is 0.111. The van der Waals surface area contributed by atoms with Crippen LogP contribution in [0.2, 0.25) is 10.0 Å². The van der Waals surface area contributed by atoms with Gasteiger partial charge < -0.3 is 4.74 Å². The van der Waals surface area contributed by atoms with Crippen LogP contribution < -0.4 is 0 Å². The molecule has 1 rings (SSSR count). The minimum atomic E-state index is -0.950. The highest BCUT2D eigenvalue weighted by molar-refractivity contribution is 9.10. The summed E-state index contributed by atoms with van der Waals surface area (Å²) in [7, 11) is 1.13. The van der Waals surface area contributed by atoms with Gasteiger partial charge in [-0.15, -0.1) is 0 Å². The summed E-state index contributed by atoms with van der Waals surface area (Å²) in [6.07, 6.45) is 0. The second-order valence-electron chi connectivity index (χ2n) is 2.57. The van der Waals surface area contributed by atoms with Crippen LogP contribution in [0.3, 0.4) is 0 Å². The molecule has 15 heavy (non-hydrogen) atoms. The quantitative estimate of drug-likeness (QED) is 0.365. The average molecular weight is 312 g/mol. The summed E-state index contributed by atoms with van der Waals surface area (Å²) in [5.41, 5.74) is 0.122. The molecule has 0 aromatic heterocycles. The van der Waals surface area contributed by atoms with Gasteiger partial charge in [-0.3, -0.25) is 4.79 Å². The molecular formula is C9H5BrCl2O3. The first-order valence-corrected chi connectivity index (χ1v) is 5.29. The van der Waals surface area contributed by atoms with Gasteiger partial charge in [0.2, 0.25) is 0 Å². The zero-order valence-corrected chi connectivity index (χ0v) is 10.6. The van der Waals surface area contributed by atoms with Crippen molar-refractivity contribution in [3.8, 4) is 0 Å². The molecule has 0 atom stereocenters. The van der Waals surface area contributed by atoms with Gasteiger partial charge in [-0.25, -0.2) is 4.79 Å². The van der Waals surface area contributed by atoms with Crippen molar-refractivity contribution in [1.82, 2.24) is 0 Å². The number of rotatable bonds is 2. The molecule has 0 N–H and O–H groups in total. The maximum Gasteiger partial charge on any atom is 0.379 e. The van der Waals surface area contributed by atoms with E-state index in [1.165, 1.54) is 12.1 Å². The molecule has 0 saturated heterocycles. The molecule has 0 spiro atoms. The molecule has 0 heterocycles. The molecule has 0 saturated carbocycles. The third-order valence-electron chi connectivity index (χ3n) is 1.63.